The minimum atomic E-state index is -0.528. The Balaban J connectivity index is 2.20. The summed E-state index contributed by atoms with van der Waals surface area (Å²) in [5.74, 6) is 0.702. The Hall–Kier alpha value is -0.930. The first-order valence-electron chi connectivity index (χ1n) is 6.92. The van der Waals surface area contributed by atoms with E-state index in [1.165, 1.54) is 12.8 Å². The van der Waals surface area contributed by atoms with Crippen LogP contribution in [0.1, 0.15) is 50.0 Å². The summed E-state index contributed by atoms with van der Waals surface area (Å²) in [5.41, 5.74) is 7.69. The van der Waals surface area contributed by atoms with Crippen molar-refractivity contribution in [2.24, 2.45) is 17.1 Å². The third-order valence-electron chi connectivity index (χ3n) is 4.52. The van der Waals surface area contributed by atoms with E-state index in [1.54, 1.807) is 0 Å². The van der Waals surface area contributed by atoms with Crippen molar-refractivity contribution >= 4 is 0 Å². The fraction of sp³-hybridized carbons (Fsp3) is 0.667. The van der Waals surface area contributed by atoms with Gasteiger partial charge >= 0.3 is 0 Å². The van der Waals surface area contributed by atoms with Crippen LogP contribution < -0.4 is 5.73 Å². The lowest BCUT2D eigenvalue weighted by atomic mass is 9.78. The highest BCUT2D eigenvalue weighted by Gasteiger charge is 2.44. The molecule has 0 amide bonds. The molecule has 2 rings (SSSR count). The maximum Gasteiger partial charge on any atom is 0.103 e. The van der Waals surface area contributed by atoms with Crippen molar-refractivity contribution in [1.29, 1.82) is 0 Å². The minimum absolute atomic E-state index is 0.164. The number of nitrogens with zero attached hydrogens (tertiary/aromatic N) is 1. The van der Waals surface area contributed by atoms with Gasteiger partial charge in [-0.3, -0.25) is 4.98 Å². The van der Waals surface area contributed by atoms with E-state index in [2.05, 4.69) is 11.9 Å². The van der Waals surface area contributed by atoms with E-state index in [1.807, 2.05) is 25.3 Å². The summed E-state index contributed by atoms with van der Waals surface area (Å²) in [6, 6.07) is 3.93. The van der Waals surface area contributed by atoms with Crippen molar-refractivity contribution < 1.29 is 5.11 Å². The van der Waals surface area contributed by atoms with Crippen LogP contribution in [0.15, 0.2) is 18.3 Å². The molecule has 18 heavy (non-hydrogen) atoms. The Bertz CT molecular complexity index is 390. The molecule has 0 aromatic carbocycles. The topological polar surface area (TPSA) is 59.1 Å². The van der Waals surface area contributed by atoms with Crippen molar-refractivity contribution in [2.75, 3.05) is 6.54 Å². The molecule has 1 fully saturated rings. The second kappa shape index (κ2) is 5.37. The zero-order chi connectivity index (χ0) is 13.2. The summed E-state index contributed by atoms with van der Waals surface area (Å²) in [5, 5.41) is 10.6. The molecule has 1 aromatic rings. The fourth-order valence-electron chi connectivity index (χ4n) is 3.12. The molecule has 1 aliphatic carbocycles. The van der Waals surface area contributed by atoms with Gasteiger partial charge in [-0.1, -0.05) is 19.4 Å². The molecule has 3 nitrogen and oxygen atoms in total. The lowest BCUT2D eigenvalue weighted by Crippen LogP contribution is -2.35. The number of aryl methyl sites for hydroxylation is 1. The highest BCUT2D eigenvalue weighted by atomic mass is 16.3. The third-order valence-corrected chi connectivity index (χ3v) is 4.52. The first-order valence-corrected chi connectivity index (χ1v) is 6.92. The van der Waals surface area contributed by atoms with Gasteiger partial charge in [-0.25, -0.2) is 0 Å². The van der Waals surface area contributed by atoms with Crippen molar-refractivity contribution in [3.05, 3.63) is 29.6 Å². The zero-order valence-electron chi connectivity index (χ0n) is 11.4. The number of hydrogen-bond acceptors (Lipinski definition) is 3. The van der Waals surface area contributed by atoms with E-state index in [0.717, 1.165) is 24.1 Å². The van der Waals surface area contributed by atoms with Gasteiger partial charge in [-0.2, -0.15) is 0 Å². The number of aliphatic hydroxyl groups is 1. The van der Waals surface area contributed by atoms with Crippen LogP contribution in [-0.4, -0.2) is 16.6 Å². The fourth-order valence-corrected chi connectivity index (χ4v) is 3.12. The average Bonchev–Trinajstić information content (AvgIpc) is 2.84. The molecule has 1 heterocycles. The van der Waals surface area contributed by atoms with Crippen LogP contribution in [0.3, 0.4) is 0 Å². The Labute approximate surface area is 109 Å². The average molecular weight is 248 g/mol. The highest BCUT2D eigenvalue weighted by molar-refractivity contribution is 5.17. The first kappa shape index (κ1) is 13.5. The van der Waals surface area contributed by atoms with Crippen molar-refractivity contribution in [3.8, 4) is 0 Å². The normalized spacial score (nSPS) is 29.4. The number of aliphatic hydroxyl groups excluding tert-OH is 1. The van der Waals surface area contributed by atoms with E-state index >= 15 is 0 Å². The number of nitrogens with two attached hydrogens (primary N) is 1. The molecule has 0 saturated heterocycles. The number of pyridine rings is 1. The second-order valence-electron chi connectivity index (χ2n) is 5.75. The summed E-state index contributed by atoms with van der Waals surface area (Å²) in [6.45, 7) is 4.76. The van der Waals surface area contributed by atoms with Crippen LogP contribution in [-0.2, 0) is 0 Å². The molecule has 0 aliphatic heterocycles. The molecule has 3 atom stereocenters. The quantitative estimate of drug-likeness (QED) is 0.861. The lowest BCUT2D eigenvalue weighted by Gasteiger charge is -2.33. The van der Waals surface area contributed by atoms with Crippen molar-refractivity contribution in [1.82, 2.24) is 4.98 Å². The van der Waals surface area contributed by atoms with Gasteiger partial charge in [0.1, 0.15) is 6.10 Å². The Morgan fingerprint density at radius 2 is 2.33 bits per heavy atom. The summed E-state index contributed by atoms with van der Waals surface area (Å²) in [4.78, 5) is 4.36. The third kappa shape index (κ3) is 2.43. The molecular formula is C15H24N2O. The summed E-state index contributed by atoms with van der Waals surface area (Å²) >= 11 is 0. The summed E-state index contributed by atoms with van der Waals surface area (Å²) < 4.78 is 0. The highest BCUT2D eigenvalue weighted by Crippen LogP contribution is 2.49. The number of aromatic nitrogens is 1. The monoisotopic (exact) mass is 248 g/mol. The number of rotatable bonds is 4. The van der Waals surface area contributed by atoms with E-state index in [-0.39, 0.29) is 5.41 Å². The van der Waals surface area contributed by atoms with Gasteiger partial charge in [-0.05, 0) is 43.7 Å². The van der Waals surface area contributed by atoms with Gasteiger partial charge in [0.15, 0.2) is 0 Å². The van der Waals surface area contributed by atoms with Crippen LogP contribution >= 0.6 is 0 Å². The zero-order valence-corrected chi connectivity index (χ0v) is 11.4. The van der Waals surface area contributed by atoms with Crippen LogP contribution in [0.2, 0.25) is 0 Å². The van der Waals surface area contributed by atoms with Gasteiger partial charge < -0.3 is 10.8 Å². The van der Waals surface area contributed by atoms with E-state index < -0.39 is 6.10 Å². The predicted octanol–water partition coefficient (Wildman–Crippen LogP) is 2.58. The van der Waals surface area contributed by atoms with E-state index in [0.29, 0.717) is 12.5 Å². The molecule has 1 aliphatic rings. The maximum absolute atomic E-state index is 10.6. The van der Waals surface area contributed by atoms with E-state index in [9.17, 15) is 5.11 Å². The molecule has 0 spiro atoms. The minimum Gasteiger partial charge on any atom is -0.386 e. The molecule has 3 N–H and O–H groups in total. The smallest absolute Gasteiger partial charge is 0.103 e. The standard InChI is InChI=1S/C15H24N2O/c1-3-12-6-7-15(8-12,10-16)14(18)13-5-4-11(2)9-17-13/h4-5,9,12,14,18H,3,6-8,10,16H2,1-2H3. The largest absolute Gasteiger partial charge is 0.386 e. The Morgan fingerprint density at radius 1 is 1.56 bits per heavy atom. The molecule has 3 unspecified atom stereocenters. The molecule has 1 saturated carbocycles. The molecule has 3 heteroatoms. The van der Waals surface area contributed by atoms with Crippen LogP contribution in [0.5, 0.6) is 0 Å². The molecule has 0 radical (unpaired) electrons. The maximum atomic E-state index is 10.6. The Kier molecular flexibility index (Phi) is 4.03. The van der Waals surface area contributed by atoms with Crippen LogP contribution in [0, 0.1) is 18.3 Å². The predicted molar refractivity (Wildman–Crippen MR) is 73.1 cm³/mol. The van der Waals surface area contributed by atoms with Crippen LogP contribution in [0.25, 0.3) is 0 Å². The first-order chi connectivity index (χ1) is 8.61. The summed E-state index contributed by atoms with van der Waals surface area (Å²) in [7, 11) is 0. The van der Waals surface area contributed by atoms with Gasteiger partial charge in [0.2, 0.25) is 0 Å². The number of hydrogen-bond donors (Lipinski definition) is 2. The Morgan fingerprint density at radius 3 is 2.83 bits per heavy atom. The summed E-state index contributed by atoms with van der Waals surface area (Å²) in [6.07, 6.45) is 5.68. The van der Waals surface area contributed by atoms with Crippen molar-refractivity contribution in [2.45, 2.75) is 45.6 Å². The second-order valence-corrected chi connectivity index (χ2v) is 5.75. The molecule has 1 aromatic heterocycles. The van der Waals surface area contributed by atoms with Gasteiger partial charge in [0, 0.05) is 18.2 Å². The van der Waals surface area contributed by atoms with E-state index in [4.69, 9.17) is 5.73 Å². The molecule has 100 valence electrons. The lowest BCUT2D eigenvalue weighted by molar-refractivity contribution is 0.0268. The van der Waals surface area contributed by atoms with Gasteiger partial charge in [0.05, 0.1) is 5.69 Å². The van der Waals surface area contributed by atoms with Gasteiger partial charge in [0.25, 0.3) is 0 Å². The molecular weight excluding hydrogens is 224 g/mol. The van der Waals surface area contributed by atoms with Gasteiger partial charge in [-0.15, -0.1) is 0 Å². The van der Waals surface area contributed by atoms with Crippen molar-refractivity contribution in [3.63, 3.8) is 0 Å². The molecule has 0 bridgehead atoms. The SMILES string of the molecule is CCC1CCC(CN)(C(O)c2ccc(C)cn2)C1. The van der Waals surface area contributed by atoms with Crippen LogP contribution in [0.4, 0.5) is 0 Å².